The van der Waals surface area contributed by atoms with Crippen molar-refractivity contribution in [3.8, 4) is 22.8 Å². The van der Waals surface area contributed by atoms with E-state index in [9.17, 15) is 0 Å². The number of fused-ring (bicyclic) bond motifs is 2. The number of rotatable bonds is 1. The molecule has 2 heterocycles. The molecule has 0 saturated heterocycles. The molecule has 108 valence electrons. The van der Waals surface area contributed by atoms with Gasteiger partial charge in [-0.2, -0.15) is 4.57 Å². The molecule has 0 fully saturated rings. The van der Waals surface area contributed by atoms with Crippen molar-refractivity contribution in [1.29, 1.82) is 0 Å². The summed E-state index contributed by atoms with van der Waals surface area (Å²) in [7, 11) is 2.03. The molecule has 4 heteroatoms. The third-order valence-electron chi connectivity index (χ3n) is 3.81. The Bertz CT molecular complexity index is 877. The summed E-state index contributed by atoms with van der Waals surface area (Å²) < 4.78 is 8.16. The zero-order valence-electron chi connectivity index (χ0n) is 12.4. The van der Waals surface area contributed by atoms with Gasteiger partial charge < -0.3 is 4.74 Å². The zero-order valence-corrected chi connectivity index (χ0v) is 13.2. The fourth-order valence-electron chi connectivity index (χ4n) is 2.64. The lowest BCUT2D eigenvalue weighted by atomic mass is 10.1. The molecular formula is C18H15N2OS+. The van der Waals surface area contributed by atoms with Gasteiger partial charge in [-0.3, -0.25) is 4.98 Å². The smallest absolute Gasteiger partial charge is 0.231 e. The van der Waals surface area contributed by atoms with Crippen LogP contribution in [0.2, 0.25) is 0 Å². The fourth-order valence-corrected chi connectivity index (χ4v) is 3.67. The molecule has 1 aliphatic rings. The predicted molar refractivity (Wildman–Crippen MR) is 86.2 cm³/mol. The molecule has 0 unspecified atom stereocenters. The lowest BCUT2D eigenvalue weighted by Crippen LogP contribution is -2.30. The molecule has 0 N–H and O–H groups in total. The highest BCUT2D eigenvalue weighted by atomic mass is 32.2. The van der Waals surface area contributed by atoms with Gasteiger partial charge >= 0.3 is 0 Å². The molecule has 0 aliphatic carbocycles. The first-order valence-corrected chi connectivity index (χ1v) is 7.93. The summed E-state index contributed by atoms with van der Waals surface area (Å²) in [6.45, 7) is 2.13. The number of aryl methyl sites for hydroxylation is 2. The van der Waals surface area contributed by atoms with Crippen LogP contribution in [0.5, 0.6) is 11.5 Å². The summed E-state index contributed by atoms with van der Waals surface area (Å²) in [5.41, 5.74) is 3.45. The van der Waals surface area contributed by atoms with E-state index < -0.39 is 0 Å². The van der Waals surface area contributed by atoms with Gasteiger partial charge in [0.1, 0.15) is 18.5 Å². The first kappa shape index (κ1) is 13.3. The van der Waals surface area contributed by atoms with Crippen LogP contribution in [-0.4, -0.2) is 4.98 Å². The van der Waals surface area contributed by atoms with Crippen LogP contribution in [0, 0.1) is 6.92 Å². The summed E-state index contributed by atoms with van der Waals surface area (Å²) in [4.78, 5) is 6.56. The Morgan fingerprint density at radius 3 is 2.82 bits per heavy atom. The maximum Gasteiger partial charge on any atom is 0.231 e. The molecule has 3 aromatic rings. The maximum absolute atomic E-state index is 6.08. The van der Waals surface area contributed by atoms with Gasteiger partial charge in [-0.25, -0.2) is 0 Å². The van der Waals surface area contributed by atoms with E-state index in [1.807, 2.05) is 37.6 Å². The molecule has 0 atom stereocenters. The third-order valence-corrected chi connectivity index (χ3v) is 4.90. The highest BCUT2D eigenvalue weighted by molar-refractivity contribution is 7.99. The number of para-hydroxylation sites is 1. The molecule has 1 aromatic heterocycles. The Labute approximate surface area is 133 Å². The molecule has 4 rings (SSSR count). The number of ether oxygens (including phenoxy) is 1. The van der Waals surface area contributed by atoms with Crippen molar-refractivity contribution in [3.63, 3.8) is 0 Å². The molecule has 0 amide bonds. The lowest BCUT2D eigenvalue weighted by Gasteiger charge is -2.20. The Morgan fingerprint density at radius 2 is 1.95 bits per heavy atom. The average Bonchev–Trinajstić information content (AvgIpc) is 2.53. The largest absolute Gasteiger partial charge is 0.455 e. The lowest BCUT2D eigenvalue weighted by molar-refractivity contribution is -0.660. The summed E-state index contributed by atoms with van der Waals surface area (Å²) in [5.74, 6) is 1.83. The number of aromatic nitrogens is 2. The van der Waals surface area contributed by atoms with E-state index >= 15 is 0 Å². The van der Waals surface area contributed by atoms with Crippen LogP contribution in [0.3, 0.4) is 0 Å². The molecule has 0 spiro atoms. The number of hydrogen-bond acceptors (Lipinski definition) is 3. The van der Waals surface area contributed by atoms with Gasteiger partial charge in [0.2, 0.25) is 5.69 Å². The first-order valence-electron chi connectivity index (χ1n) is 7.12. The number of hydrogen-bond donors (Lipinski definition) is 0. The van der Waals surface area contributed by atoms with E-state index in [0.29, 0.717) is 0 Å². The van der Waals surface area contributed by atoms with E-state index in [2.05, 4.69) is 34.7 Å². The van der Waals surface area contributed by atoms with Crippen molar-refractivity contribution in [1.82, 2.24) is 4.98 Å². The Kier molecular flexibility index (Phi) is 3.12. The quantitative estimate of drug-likeness (QED) is 0.494. The van der Waals surface area contributed by atoms with Crippen LogP contribution in [0.15, 0.2) is 64.8 Å². The molecule has 0 bridgehead atoms. The van der Waals surface area contributed by atoms with Gasteiger partial charge in [0.15, 0.2) is 6.20 Å². The summed E-state index contributed by atoms with van der Waals surface area (Å²) in [5, 5.41) is 0. The summed E-state index contributed by atoms with van der Waals surface area (Å²) >= 11 is 1.76. The third kappa shape index (κ3) is 2.16. The Hall–Kier alpha value is -2.33. The normalized spacial score (nSPS) is 12.3. The highest BCUT2D eigenvalue weighted by Crippen LogP contribution is 2.48. The van der Waals surface area contributed by atoms with E-state index in [-0.39, 0.29) is 0 Å². The van der Waals surface area contributed by atoms with Crippen LogP contribution < -0.4 is 9.30 Å². The molecule has 3 nitrogen and oxygen atoms in total. The van der Waals surface area contributed by atoms with Crippen LogP contribution in [0.25, 0.3) is 11.3 Å². The Balaban J connectivity index is 1.84. The SMILES string of the molecule is Cc1cc2c(cc1-c1cncc[n+]1C)Oc1ccccc1S2. The summed E-state index contributed by atoms with van der Waals surface area (Å²) in [6.07, 6.45) is 5.64. The van der Waals surface area contributed by atoms with Crippen LogP contribution in [0.1, 0.15) is 5.56 Å². The van der Waals surface area contributed by atoms with Gasteiger partial charge in [-0.05, 0) is 36.8 Å². The summed E-state index contributed by atoms with van der Waals surface area (Å²) in [6, 6.07) is 12.4. The monoisotopic (exact) mass is 307 g/mol. The molecule has 22 heavy (non-hydrogen) atoms. The van der Waals surface area contributed by atoms with Crippen molar-refractivity contribution >= 4 is 11.8 Å². The number of benzene rings is 2. The van der Waals surface area contributed by atoms with Gasteiger partial charge in [0, 0.05) is 0 Å². The molecule has 1 aliphatic heterocycles. The van der Waals surface area contributed by atoms with Crippen molar-refractivity contribution in [2.24, 2.45) is 7.05 Å². The van der Waals surface area contributed by atoms with Crippen LogP contribution >= 0.6 is 11.8 Å². The van der Waals surface area contributed by atoms with Crippen LogP contribution in [-0.2, 0) is 7.05 Å². The second kappa shape index (κ2) is 5.14. The molecule has 2 aromatic carbocycles. The minimum absolute atomic E-state index is 0.910. The van der Waals surface area contributed by atoms with E-state index in [4.69, 9.17) is 4.74 Å². The second-order valence-electron chi connectivity index (χ2n) is 5.34. The van der Waals surface area contributed by atoms with E-state index in [0.717, 1.165) is 32.5 Å². The number of nitrogens with zero attached hydrogens (tertiary/aromatic N) is 2. The predicted octanol–water partition coefficient (Wildman–Crippen LogP) is 4.14. The van der Waals surface area contributed by atoms with Crippen molar-refractivity contribution in [2.75, 3.05) is 0 Å². The molecule has 0 radical (unpaired) electrons. The van der Waals surface area contributed by atoms with E-state index in [1.165, 1.54) is 5.56 Å². The van der Waals surface area contributed by atoms with Crippen molar-refractivity contribution < 1.29 is 9.30 Å². The standard InChI is InChI=1S/C18H15N2OS/c1-12-9-18-16(21-15-5-3-4-6-17(15)22-18)10-13(12)14-11-19-7-8-20(14)2/h3-11H,1-2H3/q+1. The van der Waals surface area contributed by atoms with E-state index in [1.54, 1.807) is 18.0 Å². The first-order chi connectivity index (χ1) is 10.7. The minimum Gasteiger partial charge on any atom is -0.455 e. The van der Waals surface area contributed by atoms with Gasteiger partial charge in [0.25, 0.3) is 0 Å². The maximum atomic E-state index is 6.08. The van der Waals surface area contributed by atoms with Gasteiger partial charge in [-0.1, -0.05) is 23.9 Å². The topological polar surface area (TPSA) is 26.0 Å². The molecule has 0 saturated carbocycles. The van der Waals surface area contributed by atoms with Crippen molar-refractivity contribution in [3.05, 3.63) is 60.6 Å². The van der Waals surface area contributed by atoms with Gasteiger partial charge in [-0.15, -0.1) is 0 Å². The van der Waals surface area contributed by atoms with Gasteiger partial charge in [0.05, 0.1) is 27.7 Å². The zero-order chi connectivity index (χ0) is 15.1. The average molecular weight is 307 g/mol. The fraction of sp³-hybridized carbons (Fsp3) is 0.111. The van der Waals surface area contributed by atoms with Crippen LogP contribution in [0.4, 0.5) is 0 Å². The Morgan fingerprint density at radius 1 is 1.09 bits per heavy atom. The highest BCUT2D eigenvalue weighted by Gasteiger charge is 2.21. The molecular weight excluding hydrogens is 292 g/mol. The minimum atomic E-state index is 0.910. The second-order valence-corrected chi connectivity index (χ2v) is 6.42. The van der Waals surface area contributed by atoms with Crippen molar-refractivity contribution in [2.45, 2.75) is 16.7 Å².